The average molecular weight is 485 g/mol. The number of benzene rings is 2. The van der Waals surface area contributed by atoms with Crippen LogP contribution in [0.4, 0.5) is 5.69 Å². The molecule has 0 saturated heterocycles. The number of nitrogens with zero attached hydrogens (tertiary/aromatic N) is 2. The first kappa shape index (κ1) is 27.3. The maximum Gasteiger partial charge on any atom is 0.264 e. The Morgan fingerprint density at radius 3 is 1.85 bits per heavy atom. The van der Waals surface area contributed by atoms with Crippen molar-refractivity contribution in [2.75, 3.05) is 4.31 Å². The van der Waals surface area contributed by atoms with Crippen LogP contribution in [0.2, 0.25) is 0 Å². The molecule has 0 aliphatic carbocycles. The fraction of sp³-hybridized carbons (Fsp3) is 0.370. The zero-order chi connectivity index (χ0) is 24.6. The largest absolute Gasteiger partial charge is 0.507 e. The number of anilines is 1. The van der Waals surface area contributed by atoms with Crippen LogP contribution in [0.1, 0.15) is 63.9 Å². The first-order valence-corrected chi connectivity index (χ1v) is 12.5. The SMILES string of the molecule is Cc1ccc(N(Cc2cc(C(C)(C)C)c(O)c(C(C)(C)C)c2)S(=O)(=O)c2ccccc2)cn1.O. The van der Waals surface area contributed by atoms with E-state index in [0.29, 0.717) is 5.69 Å². The van der Waals surface area contributed by atoms with E-state index >= 15 is 0 Å². The van der Waals surface area contributed by atoms with E-state index < -0.39 is 10.0 Å². The van der Waals surface area contributed by atoms with Crippen molar-refractivity contribution in [2.45, 2.75) is 70.7 Å². The summed E-state index contributed by atoms with van der Waals surface area (Å²) < 4.78 is 28.8. The topological polar surface area (TPSA) is 102 Å². The molecule has 0 atom stereocenters. The molecule has 0 radical (unpaired) electrons. The molecule has 0 saturated carbocycles. The van der Waals surface area contributed by atoms with Gasteiger partial charge >= 0.3 is 0 Å². The molecule has 3 aromatic rings. The van der Waals surface area contributed by atoms with Gasteiger partial charge in [0.1, 0.15) is 5.75 Å². The summed E-state index contributed by atoms with van der Waals surface area (Å²) in [7, 11) is -3.84. The van der Waals surface area contributed by atoms with Crippen molar-refractivity contribution in [3.8, 4) is 5.75 Å². The van der Waals surface area contributed by atoms with E-state index in [-0.39, 0.29) is 33.5 Å². The van der Waals surface area contributed by atoms with Crippen LogP contribution in [0, 0.1) is 6.92 Å². The number of aromatic hydroxyl groups is 1. The number of aromatic nitrogens is 1. The van der Waals surface area contributed by atoms with Gasteiger partial charge in [0.2, 0.25) is 0 Å². The number of aryl methyl sites for hydroxylation is 1. The number of phenolic OH excluding ortho intramolecular Hbond substituents is 1. The third kappa shape index (κ3) is 5.77. The van der Waals surface area contributed by atoms with Crippen LogP contribution >= 0.6 is 0 Å². The minimum atomic E-state index is -3.84. The van der Waals surface area contributed by atoms with Crippen molar-refractivity contribution in [3.63, 3.8) is 0 Å². The summed E-state index contributed by atoms with van der Waals surface area (Å²) in [6, 6.07) is 15.8. The number of pyridine rings is 1. The molecule has 0 amide bonds. The molecule has 6 nitrogen and oxygen atoms in total. The highest BCUT2D eigenvalue weighted by Crippen LogP contribution is 2.40. The lowest BCUT2D eigenvalue weighted by molar-refractivity contribution is 0.422. The quantitative estimate of drug-likeness (QED) is 0.533. The lowest BCUT2D eigenvalue weighted by atomic mass is 9.78. The molecule has 0 spiro atoms. The fourth-order valence-electron chi connectivity index (χ4n) is 3.74. The molecule has 0 aliphatic rings. The Bertz CT molecular complexity index is 1190. The molecule has 1 aromatic heterocycles. The predicted octanol–water partition coefficient (Wildman–Crippen LogP) is 5.26. The molecule has 1 heterocycles. The van der Waals surface area contributed by atoms with Gasteiger partial charge in [-0.15, -0.1) is 0 Å². The lowest BCUT2D eigenvalue weighted by Gasteiger charge is -2.30. The van der Waals surface area contributed by atoms with Crippen molar-refractivity contribution in [1.29, 1.82) is 0 Å². The Kier molecular flexibility index (Phi) is 7.85. The van der Waals surface area contributed by atoms with Crippen LogP contribution in [0.25, 0.3) is 0 Å². The van der Waals surface area contributed by atoms with Gasteiger partial charge in [-0.05, 0) is 70.8 Å². The highest BCUT2D eigenvalue weighted by molar-refractivity contribution is 7.92. The Morgan fingerprint density at radius 2 is 1.41 bits per heavy atom. The van der Waals surface area contributed by atoms with Crippen LogP contribution in [0.3, 0.4) is 0 Å². The number of sulfonamides is 1. The van der Waals surface area contributed by atoms with Crippen LogP contribution in [0.5, 0.6) is 5.75 Å². The maximum absolute atomic E-state index is 13.7. The van der Waals surface area contributed by atoms with E-state index in [1.807, 2.05) is 60.6 Å². The first-order chi connectivity index (χ1) is 15.2. The molecular weight excluding hydrogens is 448 g/mol. The molecule has 2 aromatic carbocycles. The van der Waals surface area contributed by atoms with Gasteiger partial charge in [0.15, 0.2) is 0 Å². The number of hydrogen-bond donors (Lipinski definition) is 1. The molecule has 3 rings (SSSR count). The van der Waals surface area contributed by atoms with E-state index in [1.165, 1.54) is 4.31 Å². The minimum Gasteiger partial charge on any atom is -0.507 e. The van der Waals surface area contributed by atoms with Crippen LogP contribution in [0.15, 0.2) is 65.7 Å². The summed E-state index contributed by atoms with van der Waals surface area (Å²) >= 11 is 0. The van der Waals surface area contributed by atoms with Gasteiger partial charge in [0.25, 0.3) is 10.0 Å². The second kappa shape index (κ2) is 9.76. The molecule has 3 N–H and O–H groups in total. The standard InChI is InChI=1S/C27H34N2O3S.H2O/c1-19-13-14-21(17-28-19)29(33(31,32)22-11-9-8-10-12-22)18-20-15-23(26(2,3)4)25(30)24(16-20)27(5,6)7;/h8-17,30H,18H2,1-7H3;1H2. The third-order valence-electron chi connectivity index (χ3n) is 5.63. The second-order valence-electron chi connectivity index (χ2n) is 10.5. The number of phenols is 1. The summed E-state index contributed by atoms with van der Waals surface area (Å²) in [5, 5.41) is 11.1. The maximum atomic E-state index is 13.7. The van der Waals surface area contributed by atoms with Crippen LogP contribution < -0.4 is 4.31 Å². The van der Waals surface area contributed by atoms with Gasteiger partial charge in [0.05, 0.1) is 23.3 Å². The average Bonchev–Trinajstić information content (AvgIpc) is 2.72. The summed E-state index contributed by atoms with van der Waals surface area (Å²) in [5.74, 6) is 0.271. The van der Waals surface area contributed by atoms with E-state index in [4.69, 9.17) is 0 Å². The molecular formula is C27H36N2O4S. The minimum absolute atomic E-state index is 0. The van der Waals surface area contributed by atoms with E-state index in [2.05, 4.69) is 4.98 Å². The smallest absolute Gasteiger partial charge is 0.264 e. The van der Waals surface area contributed by atoms with Crippen molar-refractivity contribution in [2.24, 2.45) is 0 Å². The molecule has 7 heteroatoms. The Balaban J connectivity index is 0.00000408. The molecule has 0 unspecified atom stereocenters. The van der Waals surface area contributed by atoms with Gasteiger partial charge in [-0.3, -0.25) is 9.29 Å². The van der Waals surface area contributed by atoms with E-state index in [0.717, 1.165) is 22.4 Å². The summed E-state index contributed by atoms with van der Waals surface area (Å²) in [6.07, 6.45) is 1.59. The highest BCUT2D eigenvalue weighted by Gasteiger charge is 2.29. The van der Waals surface area contributed by atoms with Gasteiger partial charge in [-0.2, -0.15) is 0 Å². The molecule has 34 heavy (non-hydrogen) atoms. The van der Waals surface area contributed by atoms with Gasteiger partial charge < -0.3 is 10.6 Å². The Labute approximate surface area is 203 Å². The highest BCUT2D eigenvalue weighted by atomic mass is 32.2. The second-order valence-corrected chi connectivity index (χ2v) is 12.4. The van der Waals surface area contributed by atoms with E-state index in [1.54, 1.807) is 48.7 Å². The van der Waals surface area contributed by atoms with Gasteiger partial charge in [-0.25, -0.2) is 8.42 Å². The fourth-order valence-corrected chi connectivity index (χ4v) is 5.20. The summed E-state index contributed by atoms with van der Waals surface area (Å²) in [4.78, 5) is 4.55. The number of hydrogen-bond acceptors (Lipinski definition) is 4. The molecule has 0 aliphatic heterocycles. The van der Waals surface area contributed by atoms with Crippen molar-refractivity contribution in [1.82, 2.24) is 4.98 Å². The van der Waals surface area contributed by atoms with Crippen molar-refractivity contribution < 1.29 is 19.0 Å². The molecule has 0 bridgehead atoms. The van der Waals surface area contributed by atoms with Crippen LogP contribution in [-0.2, 0) is 27.4 Å². The molecule has 184 valence electrons. The molecule has 0 fully saturated rings. The third-order valence-corrected chi connectivity index (χ3v) is 7.41. The van der Waals surface area contributed by atoms with Crippen molar-refractivity contribution >= 4 is 15.7 Å². The Morgan fingerprint density at radius 1 is 0.882 bits per heavy atom. The van der Waals surface area contributed by atoms with E-state index in [9.17, 15) is 13.5 Å². The normalized spacial score (nSPS) is 12.2. The summed E-state index contributed by atoms with van der Waals surface area (Å²) in [6.45, 7) is 14.2. The summed E-state index contributed by atoms with van der Waals surface area (Å²) in [5.41, 5.74) is 3.08. The van der Waals surface area contributed by atoms with Gasteiger partial charge in [0, 0.05) is 5.69 Å². The lowest BCUT2D eigenvalue weighted by Crippen LogP contribution is -2.31. The van der Waals surface area contributed by atoms with Crippen molar-refractivity contribution in [3.05, 3.63) is 83.2 Å². The predicted molar refractivity (Wildman–Crippen MR) is 138 cm³/mol. The number of rotatable bonds is 5. The van der Waals surface area contributed by atoms with Gasteiger partial charge in [-0.1, -0.05) is 59.7 Å². The first-order valence-electron chi connectivity index (χ1n) is 11.1. The monoisotopic (exact) mass is 484 g/mol. The van der Waals surface area contributed by atoms with Crippen LogP contribution in [-0.4, -0.2) is 24.0 Å². The Hall–Kier alpha value is -2.90. The zero-order valence-electron chi connectivity index (χ0n) is 21.0. The zero-order valence-corrected chi connectivity index (χ0v) is 21.9.